The standard InChI is InChI=1S/C24H21NO5/c1-27-20-4-2-3-16(9-20)12-25-21-7-5-17(10-19(21)13-28-14-24(25)26)18-6-8-22-23(11-18)30-15-29-22/h2-11H,12-15H2,1H3. The molecule has 0 atom stereocenters. The monoisotopic (exact) mass is 403 g/mol. The van der Waals surface area contributed by atoms with Crippen molar-refractivity contribution < 1.29 is 23.7 Å². The van der Waals surface area contributed by atoms with Gasteiger partial charge in [0.25, 0.3) is 5.91 Å². The molecule has 0 saturated heterocycles. The quantitative estimate of drug-likeness (QED) is 0.655. The molecule has 2 heterocycles. The Morgan fingerprint density at radius 2 is 1.77 bits per heavy atom. The van der Waals surface area contributed by atoms with Crippen molar-refractivity contribution >= 4 is 11.6 Å². The third-order valence-corrected chi connectivity index (χ3v) is 5.34. The predicted molar refractivity (Wildman–Crippen MR) is 112 cm³/mol. The van der Waals surface area contributed by atoms with Gasteiger partial charge in [-0.25, -0.2) is 0 Å². The van der Waals surface area contributed by atoms with Gasteiger partial charge in [-0.3, -0.25) is 4.79 Å². The molecule has 6 nitrogen and oxygen atoms in total. The van der Waals surface area contributed by atoms with E-state index in [1.807, 2.05) is 54.6 Å². The van der Waals surface area contributed by atoms with Crippen LogP contribution in [0, 0.1) is 0 Å². The summed E-state index contributed by atoms with van der Waals surface area (Å²) in [6, 6.07) is 19.7. The van der Waals surface area contributed by atoms with Gasteiger partial charge in [0, 0.05) is 11.3 Å². The average Bonchev–Trinajstić information content (AvgIpc) is 3.19. The first-order valence-corrected chi connectivity index (χ1v) is 9.75. The smallest absolute Gasteiger partial charge is 0.253 e. The first-order valence-electron chi connectivity index (χ1n) is 9.75. The van der Waals surface area contributed by atoms with Crippen LogP contribution in [0.25, 0.3) is 11.1 Å². The zero-order chi connectivity index (χ0) is 20.5. The van der Waals surface area contributed by atoms with Crippen molar-refractivity contribution in [2.24, 2.45) is 0 Å². The lowest BCUT2D eigenvalue weighted by Gasteiger charge is -2.23. The molecule has 6 heteroatoms. The molecule has 152 valence electrons. The van der Waals surface area contributed by atoms with E-state index < -0.39 is 0 Å². The SMILES string of the molecule is COc1cccc(CN2C(=O)COCc3cc(-c4ccc5c(c4)OCO5)ccc32)c1. The van der Waals surface area contributed by atoms with Crippen LogP contribution in [-0.4, -0.2) is 26.4 Å². The minimum atomic E-state index is -0.0626. The summed E-state index contributed by atoms with van der Waals surface area (Å²) in [5.74, 6) is 2.21. The first kappa shape index (κ1) is 18.5. The molecule has 0 radical (unpaired) electrons. The molecule has 3 aromatic carbocycles. The largest absolute Gasteiger partial charge is 0.497 e. The second-order valence-corrected chi connectivity index (χ2v) is 7.24. The van der Waals surface area contributed by atoms with Crippen LogP contribution < -0.4 is 19.1 Å². The van der Waals surface area contributed by atoms with Crippen molar-refractivity contribution in [3.05, 3.63) is 71.8 Å². The fourth-order valence-electron chi connectivity index (χ4n) is 3.81. The van der Waals surface area contributed by atoms with Crippen LogP contribution in [0.4, 0.5) is 5.69 Å². The Hall–Kier alpha value is -3.51. The number of carbonyl (C=O) groups excluding carboxylic acids is 1. The highest BCUT2D eigenvalue weighted by Crippen LogP contribution is 2.37. The Balaban J connectivity index is 1.49. The Morgan fingerprint density at radius 1 is 0.933 bits per heavy atom. The van der Waals surface area contributed by atoms with E-state index in [1.165, 1.54) is 0 Å². The molecule has 0 aliphatic carbocycles. The van der Waals surface area contributed by atoms with Gasteiger partial charge in [0.15, 0.2) is 11.5 Å². The maximum absolute atomic E-state index is 12.8. The molecule has 0 spiro atoms. The molecule has 1 amide bonds. The van der Waals surface area contributed by atoms with Gasteiger partial charge in [0.1, 0.15) is 12.4 Å². The van der Waals surface area contributed by atoms with Gasteiger partial charge in [-0.15, -0.1) is 0 Å². The number of ether oxygens (including phenoxy) is 4. The van der Waals surface area contributed by atoms with Crippen LogP contribution in [0.5, 0.6) is 17.2 Å². The number of amides is 1. The predicted octanol–water partition coefficient (Wildman–Crippen LogP) is 4.15. The topological polar surface area (TPSA) is 57.2 Å². The van der Waals surface area contributed by atoms with E-state index in [4.69, 9.17) is 18.9 Å². The van der Waals surface area contributed by atoms with Crippen LogP contribution in [-0.2, 0) is 22.7 Å². The molecule has 0 aromatic heterocycles. The van der Waals surface area contributed by atoms with E-state index in [1.54, 1.807) is 12.0 Å². The summed E-state index contributed by atoms with van der Waals surface area (Å²) in [7, 11) is 1.64. The third kappa shape index (κ3) is 3.46. The molecular formula is C24H21NO5. The summed E-state index contributed by atoms with van der Waals surface area (Å²) in [6.07, 6.45) is 0. The van der Waals surface area contributed by atoms with E-state index in [-0.39, 0.29) is 19.3 Å². The van der Waals surface area contributed by atoms with Crippen molar-refractivity contribution in [1.82, 2.24) is 0 Å². The summed E-state index contributed by atoms with van der Waals surface area (Å²) in [4.78, 5) is 14.5. The Kier molecular flexibility index (Phi) is 4.77. The minimum Gasteiger partial charge on any atom is -0.497 e. The van der Waals surface area contributed by atoms with E-state index >= 15 is 0 Å². The fraction of sp³-hybridized carbons (Fsp3) is 0.208. The molecule has 2 aliphatic rings. The lowest BCUT2D eigenvalue weighted by atomic mass is 10.0. The number of fused-ring (bicyclic) bond motifs is 2. The third-order valence-electron chi connectivity index (χ3n) is 5.34. The molecule has 0 unspecified atom stereocenters. The summed E-state index contributed by atoms with van der Waals surface area (Å²) < 4.78 is 21.9. The number of hydrogen-bond donors (Lipinski definition) is 0. The zero-order valence-corrected chi connectivity index (χ0v) is 16.6. The number of anilines is 1. The van der Waals surface area contributed by atoms with Gasteiger partial charge >= 0.3 is 0 Å². The molecule has 30 heavy (non-hydrogen) atoms. The van der Waals surface area contributed by atoms with Crippen LogP contribution in [0.3, 0.4) is 0 Å². The van der Waals surface area contributed by atoms with Crippen LogP contribution >= 0.6 is 0 Å². The molecule has 0 fully saturated rings. The number of nitrogens with zero attached hydrogens (tertiary/aromatic N) is 1. The fourth-order valence-corrected chi connectivity index (χ4v) is 3.81. The summed E-state index contributed by atoms with van der Waals surface area (Å²) in [5, 5.41) is 0. The molecule has 3 aromatic rings. The highest BCUT2D eigenvalue weighted by molar-refractivity contribution is 5.96. The van der Waals surface area contributed by atoms with Crippen LogP contribution in [0.2, 0.25) is 0 Å². The van der Waals surface area contributed by atoms with Gasteiger partial charge in [-0.2, -0.15) is 0 Å². The van der Waals surface area contributed by atoms with Gasteiger partial charge in [0.05, 0.1) is 20.3 Å². The highest BCUT2D eigenvalue weighted by atomic mass is 16.7. The highest BCUT2D eigenvalue weighted by Gasteiger charge is 2.24. The second-order valence-electron chi connectivity index (χ2n) is 7.24. The Bertz CT molecular complexity index is 1110. The maximum Gasteiger partial charge on any atom is 0.253 e. The van der Waals surface area contributed by atoms with Crippen LogP contribution in [0.1, 0.15) is 11.1 Å². The minimum absolute atomic E-state index is 0.0536. The number of rotatable bonds is 4. The van der Waals surface area contributed by atoms with Gasteiger partial charge in [0.2, 0.25) is 6.79 Å². The maximum atomic E-state index is 12.8. The van der Waals surface area contributed by atoms with Gasteiger partial charge < -0.3 is 23.8 Å². The van der Waals surface area contributed by atoms with Crippen molar-refractivity contribution in [2.45, 2.75) is 13.2 Å². The molecule has 5 rings (SSSR count). The number of methoxy groups -OCH3 is 1. The van der Waals surface area contributed by atoms with Crippen LogP contribution in [0.15, 0.2) is 60.7 Å². The van der Waals surface area contributed by atoms with Gasteiger partial charge in [-0.1, -0.05) is 24.3 Å². The number of hydrogen-bond acceptors (Lipinski definition) is 5. The zero-order valence-electron chi connectivity index (χ0n) is 16.6. The van der Waals surface area contributed by atoms with Crippen molar-refractivity contribution in [1.29, 1.82) is 0 Å². The van der Waals surface area contributed by atoms with Gasteiger partial charge in [-0.05, 0) is 53.1 Å². The Morgan fingerprint density at radius 3 is 2.67 bits per heavy atom. The summed E-state index contributed by atoms with van der Waals surface area (Å²) in [6.45, 7) is 1.14. The molecular weight excluding hydrogens is 382 g/mol. The lowest BCUT2D eigenvalue weighted by molar-refractivity contribution is -0.123. The van der Waals surface area contributed by atoms with E-state index in [9.17, 15) is 4.79 Å². The summed E-state index contributed by atoms with van der Waals surface area (Å²) in [5.41, 5.74) is 4.89. The Labute approximate surface area is 174 Å². The second kappa shape index (κ2) is 7.72. The van der Waals surface area contributed by atoms with E-state index in [2.05, 4.69) is 6.07 Å². The van der Waals surface area contributed by atoms with Crippen molar-refractivity contribution in [3.8, 4) is 28.4 Å². The van der Waals surface area contributed by atoms with E-state index in [0.29, 0.717) is 13.2 Å². The van der Waals surface area contributed by atoms with E-state index in [0.717, 1.165) is 45.2 Å². The lowest BCUT2D eigenvalue weighted by Crippen LogP contribution is -2.32. The molecule has 0 N–H and O–H groups in total. The molecule has 2 aliphatic heterocycles. The molecule has 0 bridgehead atoms. The molecule has 0 saturated carbocycles. The van der Waals surface area contributed by atoms with Crippen molar-refractivity contribution in [2.75, 3.05) is 25.4 Å². The number of benzene rings is 3. The normalized spacial score (nSPS) is 15.0. The first-order chi connectivity index (χ1) is 14.7. The van der Waals surface area contributed by atoms with Crippen molar-refractivity contribution in [3.63, 3.8) is 0 Å². The summed E-state index contributed by atoms with van der Waals surface area (Å²) >= 11 is 0. The number of carbonyl (C=O) groups is 1. The average molecular weight is 403 g/mol.